The van der Waals surface area contributed by atoms with Crippen LogP contribution in [0.4, 0.5) is 0 Å². The molecule has 1 N–H and O–H groups in total. The molecule has 0 bridgehead atoms. The number of hydrogen-bond donors (Lipinski definition) is 1. The molecule has 8 nitrogen and oxygen atoms in total. The second-order valence-electron chi connectivity index (χ2n) is 11.1. The zero-order valence-corrected chi connectivity index (χ0v) is 22.3. The van der Waals surface area contributed by atoms with E-state index >= 15 is 0 Å². The lowest BCUT2D eigenvalue weighted by Gasteiger charge is -2.33. The number of ether oxygens (including phenoxy) is 1. The molecule has 1 aliphatic rings. The van der Waals surface area contributed by atoms with Crippen LogP contribution in [-0.4, -0.2) is 59.8 Å². The molecule has 2 amide bonds. The summed E-state index contributed by atoms with van der Waals surface area (Å²) in [5.41, 5.74) is 1.00. The van der Waals surface area contributed by atoms with Gasteiger partial charge in [0.25, 0.3) is 5.89 Å². The highest BCUT2D eigenvalue weighted by molar-refractivity contribution is 6.00. The Morgan fingerprint density at radius 2 is 1.81 bits per heavy atom. The van der Waals surface area contributed by atoms with Crippen LogP contribution in [0.5, 0.6) is 0 Å². The number of fused-ring (bicyclic) bond motifs is 1. The summed E-state index contributed by atoms with van der Waals surface area (Å²) in [6.07, 6.45) is 2.77. The number of morpholine rings is 1. The van der Waals surface area contributed by atoms with Crippen LogP contribution in [0.15, 0.2) is 28.7 Å². The van der Waals surface area contributed by atoms with Crippen LogP contribution in [0, 0.1) is 17.3 Å². The van der Waals surface area contributed by atoms with Gasteiger partial charge in [0.15, 0.2) is 5.58 Å². The van der Waals surface area contributed by atoms with Crippen molar-refractivity contribution in [3.05, 3.63) is 30.2 Å². The second-order valence-corrected chi connectivity index (χ2v) is 11.1. The van der Waals surface area contributed by atoms with Gasteiger partial charge in [-0.1, -0.05) is 53.2 Å². The zero-order valence-electron chi connectivity index (χ0n) is 22.3. The van der Waals surface area contributed by atoms with Gasteiger partial charge in [-0.05, 0) is 42.7 Å². The molecule has 0 unspecified atom stereocenters. The number of carbonyl (C=O) groups is 3. The number of ketones is 1. The quantitative estimate of drug-likeness (QED) is 0.428. The van der Waals surface area contributed by atoms with Crippen molar-refractivity contribution < 1.29 is 23.5 Å². The monoisotopic (exact) mass is 499 g/mol. The zero-order chi connectivity index (χ0) is 26.3. The fourth-order valence-electron chi connectivity index (χ4n) is 5.24. The molecule has 198 valence electrons. The fourth-order valence-corrected chi connectivity index (χ4v) is 5.24. The number of hydrogen-bond acceptors (Lipinski definition) is 6. The van der Waals surface area contributed by atoms with E-state index in [-0.39, 0.29) is 35.3 Å². The average Bonchev–Trinajstić information content (AvgIpc) is 3.26. The van der Waals surface area contributed by atoms with Crippen molar-refractivity contribution >= 4 is 28.7 Å². The molecule has 8 heteroatoms. The van der Waals surface area contributed by atoms with Crippen LogP contribution < -0.4 is 5.32 Å². The van der Waals surface area contributed by atoms with Gasteiger partial charge in [-0.25, -0.2) is 4.98 Å². The summed E-state index contributed by atoms with van der Waals surface area (Å²) >= 11 is 0. The molecule has 0 spiro atoms. The molecule has 2 heterocycles. The van der Waals surface area contributed by atoms with Crippen molar-refractivity contribution in [2.24, 2.45) is 17.3 Å². The Bertz CT molecular complexity index is 1010. The maximum Gasteiger partial charge on any atom is 0.266 e. The van der Waals surface area contributed by atoms with Gasteiger partial charge in [0, 0.05) is 25.4 Å². The van der Waals surface area contributed by atoms with E-state index in [1.54, 1.807) is 17.0 Å². The van der Waals surface area contributed by atoms with Gasteiger partial charge in [0.2, 0.25) is 17.6 Å². The lowest BCUT2D eigenvalue weighted by Crippen LogP contribution is -2.47. The summed E-state index contributed by atoms with van der Waals surface area (Å²) in [6, 6.07) is 6.44. The van der Waals surface area contributed by atoms with Gasteiger partial charge in [-0.15, -0.1) is 0 Å². The maximum atomic E-state index is 13.6. The molecule has 1 aromatic carbocycles. The Morgan fingerprint density at radius 3 is 2.44 bits per heavy atom. The highest BCUT2D eigenvalue weighted by atomic mass is 16.5. The Labute approximate surface area is 214 Å². The summed E-state index contributed by atoms with van der Waals surface area (Å²) in [4.78, 5) is 46.1. The molecule has 2 atom stereocenters. The number of carbonyl (C=O) groups excluding carboxylic acids is 3. The number of nitrogens with zero attached hydrogens (tertiary/aromatic N) is 2. The third-order valence-corrected chi connectivity index (χ3v) is 6.63. The molecule has 1 aliphatic heterocycles. The lowest BCUT2D eigenvalue weighted by atomic mass is 9.75. The summed E-state index contributed by atoms with van der Waals surface area (Å²) in [6.45, 7) is 12.7. The number of rotatable bonds is 12. The SMILES string of the molecule is CCC[C@H](NC(=O)[C@@H](CC(=O)N1CCOCC1)CC(C)(C)CC(C)C)C(=O)c1nc2ccccc2o1. The second kappa shape index (κ2) is 12.5. The van der Waals surface area contributed by atoms with E-state index in [9.17, 15) is 14.4 Å². The molecule has 1 aromatic heterocycles. The molecular formula is C28H41N3O5. The van der Waals surface area contributed by atoms with Crippen LogP contribution in [0.25, 0.3) is 11.1 Å². The fraction of sp³-hybridized carbons (Fsp3) is 0.643. The van der Waals surface area contributed by atoms with Crippen LogP contribution in [-0.2, 0) is 14.3 Å². The topological polar surface area (TPSA) is 102 Å². The smallest absolute Gasteiger partial charge is 0.266 e. The van der Waals surface area contributed by atoms with E-state index in [1.165, 1.54) is 0 Å². The van der Waals surface area contributed by atoms with E-state index in [0.29, 0.717) is 62.6 Å². The molecule has 0 radical (unpaired) electrons. The highest BCUT2D eigenvalue weighted by Crippen LogP contribution is 2.34. The van der Waals surface area contributed by atoms with E-state index in [0.717, 1.165) is 6.42 Å². The van der Waals surface area contributed by atoms with Crippen LogP contribution in [0.2, 0.25) is 0 Å². The molecule has 36 heavy (non-hydrogen) atoms. The third-order valence-electron chi connectivity index (χ3n) is 6.63. The van der Waals surface area contributed by atoms with Crippen molar-refractivity contribution in [2.75, 3.05) is 26.3 Å². The molecule has 1 saturated heterocycles. The Hall–Kier alpha value is -2.74. The van der Waals surface area contributed by atoms with Crippen molar-refractivity contribution in [1.29, 1.82) is 0 Å². The van der Waals surface area contributed by atoms with E-state index < -0.39 is 12.0 Å². The Kier molecular flexibility index (Phi) is 9.65. The molecular weight excluding hydrogens is 458 g/mol. The average molecular weight is 500 g/mol. The third kappa shape index (κ3) is 7.63. The largest absolute Gasteiger partial charge is 0.434 e. The first kappa shape index (κ1) is 27.8. The van der Waals surface area contributed by atoms with Gasteiger partial charge in [0.05, 0.1) is 19.3 Å². The first-order chi connectivity index (χ1) is 17.1. The first-order valence-corrected chi connectivity index (χ1v) is 13.2. The van der Waals surface area contributed by atoms with E-state index in [4.69, 9.17) is 9.15 Å². The standard InChI is InChI=1S/C28H41N3O5/c1-6-9-22(25(33)27-30-21-10-7-8-11-23(21)36-27)29-26(34)20(18-28(4,5)17-19(2)3)16-24(32)31-12-14-35-15-13-31/h7-8,10-11,19-20,22H,6,9,12-18H2,1-5H3,(H,29,34)/t20-,22-/m0/s1. The predicted molar refractivity (Wildman–Crippen MR) is 139 cm³/mol. The van der Waals surface area contributed by atoms with Crippen molar-refractivity contribution in [3.63, 3.8) is 0 Å². The number of benzene rings is 1. The number of oxazole rings is 1. The Morgan fingerprint density at radius 1 is 1.11 bits per heavy atom. The normalized spacial score (nSPS) is 16.2. The van der Waals surface area contributed by atoms with Gasteiger partial charge in [-0.3, -0.25) is 14.4 Å². The number of Topliss-reactive ketones (excluding diaryl/α,β-unsaturated/α-hetero) is 1. The van der Waals surface area contributed by atoms with Gasteiger partial charge in [0.1, 0.15) is 5.52 Å². The number of nitrogens with one attached hydrogen (secondary N) is 1. The number of aromatic nitrogens is 1. The Balaban J connectivity index is 1.78. The molecule has 1 fully saturated rings. The van der Waals surface area contributed by atoms with Gasteiger partial charge >= 0.3 is 0 Å². The number of para-hydroxylation sites is 2. The summed E-state index contributed by atoms with van der Waals surface area (Å²) in [5.74, 6) is -0.735. The van der Waals surface area contributed by atoms with E-state index in [1.807, 2.05) is 19.1 Å². The van der Waals surface area contributed by atoms with E-state index in [2.05, 4.69) is 38.0 Å². The molecule has 0 saturated carbocycles. The van der Waals surface area contributed by atoms with Crippen LogP contribution >= 0.6 is 0 Å². The molecule has 3 rings (SSSR count). The maximum absolute atomic E-state index is 13.6. The van der Waals surface area contributed by atoms with Crippen molar-refractivity contribution in [1.82, 2.24) is 15.2 Å². The summed E-state index contributed by atoms with van der Waals surface area (Å²) in [7, 11) is 0. The first-order valence-electron chi connectivity index (χ1n) is 13.2. The van der Waals surface area contributed by atoms with Crippen LogP contribution in [0.3, 0.4) is 0 Å². The van der Waals surface area contributed by atoms with Crippen molar-refractivity contribution in [2.45, 2.75) is 72.8 Å². The van der Waals surface area contributed by atoms with Crippen molar-refractivity contribution in [3.8, 4) is 0 Å². The summed E-state index contributed by atoms with van der Waals surface area (Å²) in [5, 5.41) is 2.96. The molecule has 0 aliphatic carbocycles. The molecule has 2 aromatic rings. The summed E-state index contributed by atoms with van der Waals surface area (Å²) < 4.78 is 11.1. The minimum absolute atomic E-state index is 0.00368. The minimum atomic E-state index is -0.759. The van der Waals surface area contributed by atoms with Gasteiger partial charge < -0.3 is 19.4 Å². The number of amides is 2. The predicted octanol–water partition coefficient (Wildman–Crippen LogP) is 4.62. The highest BCUT2D eigenvalue weighted by Gasteiger charge is 2.34. The van der Waals surface area contributed by atoms with Gasteiger partial charge in [-0.2, -0.15) is 0 Å². The minimum Gasteiger partial charge on any atom is -0.434 e. The van der Waals surface area contributed by atoms with Crippen LogP contribution in [0.1, 0.15) is 77.4 Å². The lowest BCUT2D eigenvalue weighted by molar-refractivity contribution is -0.140.